The molecule has 0 atom stereocenters. The molecule has 4 nitrogen and oxygen atoms in total. The second kappa shape index (κ2) is 7.62. The summed E-state index contributed by atoms with van der Waals surface area (Å²) in [5.41, 5.74) is 2.14. The molecular weight excluding hydrogens is 310 g/mol. The molecule has 0 heterocycles. The Kier molecular flexibility index (Phi) is 5.80. The molecule has 0 aliphatic rings. The van der Waals surface area contributed by atoms with Crippen LogP contribution in [-0.2, 0) is 10.0 Å². The van der Waals surface area contributed by atoms with Crippen molar-refractivity contribution in [2.45, 2.75) is 31.6 Å². The van der Waals surface area contributed by atoms with E-state index in [0.717, 1.165) is 16.9 Å². The van der Waals surface area contributed by atoms with Gasteiger partial charge < -0.3 is 4.74 Å². The summed E-state index contributed by atoms with van der Waals surface area (Å²) in [5, 5.41) is 0. The molecule has 0 aliphatic heterocycles. The van der Waals surface area contributed by atoms with Crippen molar-refractivity contribution < 1.29 is 13.2 Å². The summed E-state index contributed by atoms with van der Waals surface area (Å²) in [5.74, 6) is 1.16. The first-order valence-corrected chi connectivity index (χ1v) is 9.16. The fraction of sp³-hybridized carbons (Fsp3) is 0.333. The number of para-hydroxylation sites is 1. The zero-order chi connectivity index (χ0) is 16.9. The van der Waals surface area contributed by atoms with E-state index in [2.05, 4.69) is 18.6 Å². The number of hydrogen-bond donors (Lipinski definition) is 1. The zero-order valence-electron chi connectivity index (χ0n) is 13.7. The van der Waals surface area contributed by atoms with Gasteiger partial charge in [0, 0.05) is 6.54 Å². The predicted molar refractivity (Wildman–Crippen MR) is 92.4 cm³/mol. The van der Waals surface area contributed by atoms with Crippen LogP contribution in [0.1, 0.15) is 30.9 Å². The van der Waals surface area contributed by atoms with Crippen LogP contribution in [0.4, 0.5) is 0 Å². The van der Waals surface area contributed by atoms with Gasteiger partial charge in [-0.2, -0.15) is 0 Å². The van der Waals surface area contributed by atoms with Crippen LogP contribution < -0.4 is 9.46 Å². The smallest absolute Gasteiger partial charge is 0.240 e. The number of rotatable bonds is 7. The summed E-state index contributed by atoms with van der Waals surface area (Å²) in [6.45, 7) is 6.63. The minimum absolute atomic E-state index is 0.225. The maximum Gasteiger partial charge on any atom is 0.240 e. The van der Waals surface area contributed by atoms with Crippen LogP contribution in [0.2, 0.25) is 0 Å². The van der Waals surface area contributed by atoms with Gasteiger partial charge in [-0.25, -0.2) is 13.1 Å². The van der Waals surface area contributed by atoms with Gasteiger partial charge in [-0.1, -0.05) is 49.7 Å². The molecule has 0 aliphatic carbocycles. The summed E-state index contributed by atoms with van der Waals surface area (Å²) in [6, 6.07) is 14.6. The average molecular weight is 333 g/mol. The van der Waals surface area contributed by atoms with Crippen LogP contribution in [0, 0.1) is 6.92 Å². The minimum atomic E-state index is -3.49. The van der Waals surface area contributed by atoms with Crippen molar-refractivity contribution in [3.63, 3.8) is 0 Å². The van der Waals surface area contributed by atoms with Crippen molar-refractivity contribution in [1.82, 2.24) is 4.72 Å². The van der Waals surface area contributed by atoms with Gasteiger partial charge in [0.2, 0.25) is 10.0 Å². The molecule has 0 amide bonds. The highest BCUT2D eigenvalue weighted by atomic mass is 32.2. The van der Waals surface area contributed by atoms with E-state index < -0.39 is 10.0 Å². The van der Waals surface area contributed by atoms with Crippen LogP contribution in [0.3, 0.4) is 0 Å². The van der Waals surface area contributed by atoms with Gasteiger partial charge in [0.05, 0.1) is 4.90 Å². The van der Waals surface area contributed by atoms with Gasteiger partial charge in [0.15, 0.2) is 0 Å². The summed E-state index contributed by atoms with van der Waals surface area (Å²) >= 11 is 0. The molecule has 2 aromatic carbocycles. The van der Waals surface area contributed by atoms with Crippen molar-refractivity contribution in [3.8, 4) is 5.75 Å². The molecule has 0 radical (unpaired) electrons. The number of sulfonamides is 1. The molecule has 0 saturated heterocycles. The minimum Gasteiger partial charge on any atom is -0.492 e. The fourth-order valence-electron chi connectivity index (χ4n) is 2.23. The molecule has 5 heteroatoms. The first-order chi connectivity index (χ1) is 10.9. The largest absolute Gasteiger partial charge is 0.492 e. The van der Waals surface area contributed by atoms with Gasteiger partial charge in [-0.05, 0) is 36.6 Å². The molecule has 23 heavy (non-hydrogen) atoms. The highest BCUT2D eigenvalue weighted by Gasteiger charge is 2.13. The lowest BCUT2D eigenvalue weighted by Gasteiger charge is -2.14. The van der Waals surface area contributed by atoms with E-state index in [9.17, 15) is 8.42 Å². The molecule has 0 saturated carbocycles. The van der Waals surface area contributed by atoms with E-state index in [1.165, 1.54) is 0 Å². The van der Waals surface area contributed by atoms with Gasteiger partial charge in [-0.15, -0.1) is 0 Å². The second-order valence-electron chi connectivity index (χ2n) is 5.75. The fourth-order valence-corrected chi connectivity index (χ4v) is 3.24. The Morgan fingerprint density at radius 2 is 1.70 bits per heavy atom. The van der Waals surface area contributed by atoms with Gasteiger partial charge >= 0.3 is 0 Å². The Morgan fingerprint density at radius 3 is 2.35 bits per heavy atom. The standard InChI is InChI=1S/C18H23NO3S/c1-14(2)17-6-4-5-7-18(17)22-13-12-19-23(20,21)16-10-8-15(3)9-11-16/h4-11,14,19H,12-13H2,1-3H3. The molecule has 0 bridgehead atoms. The van der Waals surface area contributed by atoms with E-state index in [1.54, 1.807) is 24.3 Å². The number of nitrogens with one attached hydrogen (secondary N) is 1. The maximum absolute atomic E-state index is 12.2. The first kappa shape index (κ1) is 17.5. The number of benzene rings is 2. The highest BCUT2D eigenvalue weighted by molar-refractivity contribution is 7.89. The Morgan fingerprint density at radius 1 is 1.04 bits per heavy atom. The quantitative estimate of drug-likeness (QED) is 0.789. The van der Waals surface area contributed by atoms with Crippen molar-refractivity contribution >= 4 is 10.0 Å². The van der Waals surface area contributed by atoms with E-state index in [1.807, 2.05) is 31.2 Å². The predicted octanol–water partition coefficient (Wildman–Crippen LogP) is 3.48. The van der Waals surface area contributed by atoms with Crippen LogP contribution in [-0.4, -0.2) is 21.6 Å². The van der Waals surface area contributed by atoms with Crippen LogP contribution >= 0.6 is 0 Å². The van der Waals surface area contributed by atoms with Gasteiger partial charge in [-0.3, -0.25) is 0 Å². The van der Waals surface area contributed by atoms with Gasteiger partial charge in [0.1, 0.15) is 12.4 Å². The molecule has 2 rings (SSSR count). The monoisotopic (exact) mass is 333 g/mol. The summed E-state index contributed by atoms with van der Waals surface area (Å²) in [4.78, 5) is 0.269. The lowest BCUT2D eigenvalue weighted by Crippen LogP contribution is -2.28. The highest BCUT2D eigenvalue weighted by Crippen LogP contribution is 2.25. The van der Waals surface area contributed by atoms with Crippen LogP contribution in [0.15, 0.2) is 53.4 Å². The summed E-state index contributed by atoms with van der Waals surface area (Å²) in [6.07, 6.45) is 0. The third-order valence-corrected chi connectivity index (χ3v) is 5.00. The molecule has 0 spiro atoms. The van der Waals surface area contributed by atoms with Crippen molar-refractivity contribution in [2.75, 3.05) is 13.2 Å². The number of aryl methyl sites for hydroxylation is 1. The third-order valence-electron chi connectivity index (χ3n) is 3.52. The molecule has 0 unspecified atom stereocenters. The Hall–Kier alpha value is -1.85. The molecule has 0 fully saturated rings. The van der Waals surface area contributed by atoms with E-state index in [0.29, 0.717) is 5.92 Å². The van der Waals surface area contributed by atoms with E-state index >= 15 is 0 Å². The molecule has 2 aromatic rings. The second-order valence-corrected chi connectivity index (χ2v) is 7.52. The average Bonchev–Trinajstić information content (AvgIpc) is 2.52. The first-order valence-electron chi connectivity index (χ1n) is 7.68. The van der Waals surface area contributed by atoms with Crippen molar-refractivity contribution in [3.05, 3.63) is 59.7 Å². The molecule has 1 N–H and O–H groups in total. The normalized spacial score (nSPS) is 11.7. The molecule has 0 aromatic heterocycles. The maximum atomic E-state index is 12.2. The topological polar surface area (TPSA) is 55.4 Å². The third kappa shape index (κ3) is 4.81. The van der Waals surface area contributed by atoms with Gasteiger partial charge in [0.25, 0.3) is 0 Å². The van der Waals surface area contributed by atoms with Crippen molar-refractivity contribution in [2.24, 2.45) is 0 Å². The van der Waals surface area contributed by atoms with E-state index in [-0.39, 0.29) is 18.0 Å². The Bertz CT molecular complexity index is 737. The van der Waals surface area contributed by atoms with Crippen molar-refractivity contribution in [1.29, 1.82) is 0 Å². The SMILES string of the molecule is Cc1ccc(S(=O)(=O)NCCOc2ccccc2C(C)C)cc1. The Labute approximate surface area is 138 Å². The van der Waals surface area contributed by atoms with E-state index in [4.69, 9.17) is 4.74 Å². The Balaban J connectivity index is 1.91. The number of ether oxygens (including phenoxy) is 1. The van der Waals surface area contributed by atoms with Crippen LogP contribution in [0.25, 0.3) is 0 Å². The lowest BCUT2D eigenvalue weighted by molar-refractivity contribution is 0.318. The lowest BCUT2D eigenvalue weighted by atomic mass is 10.0. The number of hydrogen-bond acceptors (Lipinski definition) is 3. The van der Waals surface area contributed by atoms with Crippen LogP contribution in [0.5, 0.6) is 5.75 Å². The summed E-state index contributed by atoms with van der Waals surface area (Å²) < 4.78 is 32.6. The molecule has 124 valence electrons. The molecular formula is C18H23NO3S. The summed E-state index contributed by atoms with van der Waals surface area (Å²) in [7, 11) is -3.49. The zero-order valence-corrected chi connectivity index (χ0v) is 14.6.